The SMILES string of the molecule is Oc1cncc(-c2cnc3[nH]nc(-c4nc5c(-c6ccccn6)nccc5[nH]4)c3c2)c1. The summed E-state index contributed by atoms with van der Waals surface area (Å²) in [6.45, 7) is 0. The van der Waals surface area contributed by atoms with Crippen LogP contribution in [0.4, 0.5) is 0 Å². The number of hydrogen-bond acceptors (Lipinski definition) is 7. The fraction of sp³-hybridized carbons (Fsp3) is 0. The zero-order valence-corrected chi connectivity index (χ0v) is 16.0. The van der Waals surface area contributed by atoms with Crippen LogP contribution in [0.25, 0.3) is 56.1 Å². The number of nitrogens with one attached hydrogen (secondary N) is 2. The minimum absolute atomic E-state index is 0.0943. The van der Waals surface area contributed by atoms with Gasteiger partial charge in [-0.25, -0.2) is 9.97 Å². The second-order valence-corrected chi connectivity index (χ2v) is 6.98. The van der Waals surface area contributed by atoms with Gasteiger partial charge in [-0.15, -0.1) is 0 Å². The summed E-state index contributed by atoms with van der Waals surface area (Å²) in [4.78, 5) is 25.5. The Hall–Kier alpha value is -4.66. The predicted molar refractivity (Wildman–Crippen MR) is 115 cm³/mol. The van der Waals surface area contributed by atoms with Crippen molar-refractivity contribution in [3.63, 3.8) is 0 Å². The van der Waals surface area contributed by atoms with Crippen LogP contribution in [-0.4, -0.2) is 45.2 Å². The van der Waals surface area contributed by atoms with Crippen molar-refractivity contribution < 1.29 is 5.11 Å². The molecule has 9 nitrogen and oxygen atoms in total. The normalized spacial score (nSPS) is 11.4. The zero-order chi connectivity index (χ0) is 20.8. The number of rotatable bonds is 3. The zero-order valence-electron chi connectivity index (χ0n) is 16.0. The lowest BCUT2D eigenvalue weighted by molar-refractivity contribution is 0.473. The second kappa shape index (κ2) is 6.70. The van der Waals surface area contributed by atoms with Gasteiger partial charge in [-0.3, -0.25) is 20.1 Å². The maximum atomic E-state index is 9.75. The molecule has 0 saturated carbocycles. The molecule has 0 aliphatic heterocycles. The first-order valence-electron chi connectivity index (χ1n) is 9.51. The van der Waals surface area contributed by atoms with Crippen molar-refractivity contribution in [1.29, 1.82) is 0 Å². The summed E-state index contributed by atoms with van der Waals surface area (Å²) in [6.07, 6.45) is 8.23. The molecular weight excluding hydrogens is 392 g/mol. The van der Waals surface area contributed by atoms with E-state index in [1.165, 1.54) is 6.20 Å². The predicted octanol–water partition coefficient (Wildman–Crippen LogP) is 3.73. The van der Waals surface area contributed by atoms with Crippen molar-refractivity contribution in [2.45, 2.75) is 0 Å². The maximum Gasteiger partial charge on any atom is 0.159 e. The molecular formula is C22H14N8O. The molecule has 0 radical (unpaired) electrons. The average molecular weight is 406 g/mol. The third-order valence-electron chi connectivity index (χ3n) is 5.01. The number of hydrogen-bond donors (Lipinski definition) is 3. The van der Waals surface area contributed by atoms with Gasteiger partial charge in [0.2, 0.25) is 0 Å². The Morgan fingerprint density at radius 2 is 1.77 bits per heavy atom. The number of H-pyrrole nitrogens is 2. The molecule has 6 rings (SSSR count). The van der Waals surface area contributed by atoms with Crippen LogP contribution >= 0.6 is 0 Å². The van der Waals surface area contributed by atoms with Crippen molar-refractivity contribution in [1.82, 2.24) is 40.1 Å². The van der Waals surface area contributed by atoms with Crippen LogP contribution in [0.15, 0.2) is 67.4 Å². The van der Waals surface area contributed by atoms with Crippen LogP contribution in [0.5, 0.6) is 5.75 Å². The number of aromatic amines is 2. The Morgan fingerprint density at radius 3 is 2.65 bits per heavy atom. The van der Waals surface area contributed by atoms with Gasteiger partial charge in [0.05, 0.1) is 22.8 Å². The van der Waals surface area contributed by atoms with E-state index >= 15 is 0 Å². The number of imidazole rings is 1. The number of aromatic nitrogens is 8. The number of aromatic hydroxyl groups is 1. The molecule has 9 heteroatoms. The van der Waals surface area contributed by atoms with E-state index in [2.05, 4.69) is 35.1 Å². The molecule has 6 heterocycles. The number of nitrogens with zero attached hydrogens (tertiary/aromatic N) is 6. The summed E-state index contributed by atoms with van der Waals surface area (Å²) in [5, 5.41) is 17.9. The molecule has 0 fully saturated rings. The molecule has 0 amide bonds. The summed E-state index contributed by atoms with van der Waals surface area (Å²) in [5.74, 6) is 0.691. The van der Waals surface area contributed by atoms with Gasteiger partial charge in [-0.05, 0) is 30.3 Å². The summed E-state index contributed by atoms with van der Waals surface area (Å²) in [7, 11) is 0. The Kier molecular flexibility index (Phi) is 3.72. The minimum Gasteiger partial charge on any atom is -0.506 e. The standard InChI is InChI=1S/C22H14N8O/c31-14-7-12(9-23-11-14)13-8-15-18(29-30-21(15)26-10-13)22-27-17-4-6-25-19(20(17)28-22)16-3-1-2-5-24-16/h1-11,31H,(H,27,28)(H,26,29,30). The van der Waals surface area contributed by atoms with Gasteiger partial charge >= 0.3 is 0 Å². The lowest BCUT2D eigenvalue weighted by Crippen LogP contribution is -1.88. The van der Waals surface area contributed by atoms with Crippen molar-refractivity contribution in [3.05, 3.63) is 67.4 Å². The fourth-order valence-electron chi connectivity index (χ4n) is 3.57. The van der Waals surface area contributed by atoms with E-state index in [9.17, 15) is 5.11 Å². The Bertz CT molecular complexity index is 1550. The molecule has 0 bridgehead atoms. The van der Waals surface area contributed by atoms with E-state index in [0.717, 1.165) is 27.7 Å². The quantitative estimate of drug-likeness (QED) is 0.408. The molecule has 6 aromatic rings. The summed E-state index contributed by atoms with van der Waals surface area (Å²) < 4.78 is 0. The van der Waals surface area contributed by atoms with E-state index in [4.69, 9.17) is 4.98 Å². The summed E-state index contributed by atoms with van der Waals surface area (Å²) in [6, 6.07) is 11.1. The summed E-state index contributed by atoms with van der Waals surface area (Å²) in [5.41, 5.74) is 5.84. The van der Waals surface area contributed by atoms with Gasteiger partial charge in [0.25, 0.3) is 0 Å². The first-order valence-corrected chi connectivity index (χ1v) is 9.51. The van der Waals surface area contributed by atoms with Crippen molar-refractivity contribution >= 4 is 22.1 Å². The van der Waals surface area contributed by atoms with Gasteiger partial charge in [-0.1, -0.05) is 6.07 Å². The van der Waals surface area contributed by atoms with Crippen LogP contribution in [0.2, 0.25) is 0 Å². The topological polar surface area (TPSA) is 129 Å². The molecule has 0 aliphatic rings. The van der Waals surface area contributed by atoms with Gasteiger partial charge in [0, 0.05) is 35.9 Å². The van der Waals surface area contributed by atoms with E-state index in [1.54, 1.807) is 30.9 Å². The van der Waals surface area contributed by atoms with Crippen LogP contribution in [0, 0.1) is 0 Å². The van der Waals surface area contributed by atoms with Gasteiger partial charge in [0.15, 0.2) is 11.5 Å². The molecule has 6 aromatic heterocycles. The smallest absolute Gasteiger partial charge is 0.159 e. The summed E-state index contributed by atoms with van der Waals surface area (Å²) >= 11 is 0. The third-order valence-corrected chi connectivity index (χ3v) is 5.01. The molecule has 0 unspecified atom stereocenters. The molecule has 0 aromatic carbocycles. The van der Waals surface area contributed by atoms with Crippen LogP contribution < -0.4 is 0 Å². The van der Waals surface area contributed by atoms with Gasteiger partial charge < -0.3 is 10.1 Å². The van der Waals surface area contributed by atoms with E-state index in [-0.39, 0.29) is 5.75 Å². The lowest BCUT2D eigenvalue weighted by Gasteiger charge is -2.02. The van der Waals surface area contributed by atoms with Crippen LogP contribution in [0.1, 0.15) is 0 Å². The Labute approximate surface area is 174 Å². The van der Waals surface area contributed by atoms with E-state index in [1.807, 2.05) is 30.3 Å². The monoisotopic (exact) mass is 406 g/mol. The number of fused-ring (bicyclic) bond motifs is 2. The number of pyridine rings is 4. The molecule has 0 saturated heterocycles. The molecule has 0 atom stereocenters. The first-order chi connectivity index (χ1) is 15.3. The Morgan fingerprint density at radius 1 is 0.839 bits per heavy atom. The van der Waals surface area contributed by atoms with Crippen molar-refractivity contribution in [2.75, 3.05) is 0 Å². The van der Waals surface area contributed by atoms with E-state index in [0.29, 0.717) is 28.4 Å². The highest BCUT2D eigenvalue weighted by Gasteiger charge is 2.17. The lowest BCUT2D eigenvalue weighted by atomic mass is 10.1. The first kappa shape index (κ1) is 17.2. The van der Waals surface area contributed by atoms with Gasteiger partial charge in [-0.2, -0.15) is 5.10 Å². The minimum atomic E-state index is 0.0943. The van der Waals surface area contributed by atoms with Crippen molar-refractivity contribution in [2.24, 2.45) is 0 Å². The molecule has 31 heavy (non-hydrogen) atoms. The van der Waals surface area contributed by atoms with Crippen LogP contribution in [0.3, 0.4) is 0 Å². The third kappa shape index (κ3) is 2.87. The highest BCUT2D eigenvalue weighted by molar-refractivity contribution is 5.95. The molecule has 0 spiro atoms. The molecule has 148 valence electrons. The fourth-order valence-corrected chi connectivity index (χ4v) is 3.57. The highest BCUT2D eigenvalue weighted by atomic mass is 16.3. The Balaban J connectivity index is 1.51. The largest absolute Gasteiger partial charge is 0.506 e. The highest BCUT2D eigenvalue weighted by Crippen LogP contribution is 2.31. The average Bonchev–Trinajstić information content (AvgIpc) is 3.43. The van der Waals surface area contributed by atoms with Gasteiger partial charge in [0.1, 0.15) is 22.7 Å². The van der Waals surface area contributed by atoms with Crippen LogP contribution in [-0.2, 0) is 0 Å². The molecule has 0 aliphatic carbocycles. The van der Waals surface area contributed by atoms with Crippen molar-refractivity contribution in [3.8, 4) is 39.8 Å². The van der Waals surface area contributed by atoms with E-state index < -0.39 is 0 Å². The molecule has 3 N–H and O–H groups in total. The second-order valence-electron chi connectivity index (χ2n) is 6.98. The maximum absolute atomic E-state index is 9.75.